The number of hydrogen-bond acceptors (Lipinski definition) is 4. The van der Waals surface area contributed by atoms with Gasteiger partial charge in [-0.2, -0.15) is 0 Å². The average Bonchev–Trinajstić information content (AvgIpc) is 2.40. The van der Waals surface area contributed by atoms with E-state index in [1.165, 1.54) is 13.1 Å². The van der Waals surface area contributed by atoms with E-state index < -0.39 is 10.0 Å². The number of carbonyl (C=O) groups is 1. The Balaban J connectivity index is 2.77. The van der Waals surface area contributed by atoms with Crippen LogP contribution in [-0.4, -0.2) is 34.0 Å². The van der Waals surface area contributed by atoms with Crippen LogP contribution in [-0.2, 0) is 14.8 Å². The first-order valence-corrected chi connectivity index (χ1v) is 8.32. The van der Waals surface area contributed by atoms with Gasteiger partial charge in [-0.3, -0.25) is 4.79 Å². The Kier molecular flexibility index (Phi) is 6.32. The Morgan fingerprint density at radius 1 is 1.29 bits per heavy atom. The van der Waals surface area contributed by atoms with Gasteiger partial charge in [0.25, 0.3) is 0 Å². The van der Waals surface area contributed by atoms with Gasteiger partial charge in [0.2, 0.25) is 15.9 Å². The summed E-state index contributed by atoms with van der Waals surface area (Å²) in [6.45, 7) is 6.30. The van der Waals surface area contributed by atoms with E-state index >= 15 is 0 Å². The van der Waals surface area contributed by atoms with Crippen LogP contribution in [0.3, 0.4) is 0 Å². The third kappa shape index (κ3) is 5.45. The van der Waals surface area contributed by atoms with E-state index in [2.05, 4.69) is 15.4 Å². The molecule has 0 heterocycles. The molecule has 21 heavy (non-hydrogen) atoms. The summed E-state index contributed by atoms with van der Waals surface area (Å²) in [6.07, 6.45) is 0.333. The maximum absolute atomic E-state index is 11.9. The Bertz CT molecular complexity index is 597. The van der Waals surface area contributed by atoms with Crippen LogP contribution in [0.25, 0.3) is 0 Å². The predicted octanol–water partition coefficient (Wildman–Crippen LogP) is 1.23. The number of hydrogen-bond donors (Lipinski definition) is 3. The summed E-state index contributed by atoms with van der Waals surface area (Å²) in [4.78, 5) is 12.0. The summed E-state index contributed by atoms with van der Waals surface area (Å²) >= 11 is 0. The van der Waals surface area contributed by atoms with Crippen LogP contribution in [0.1, 0.15) is 25.8 Å². The SMILES string of the molecule is CNS(=O)(=O)c1cc(NC(=O)CCNC(C)C)ccc1C. The molecular weight excluding hydrogens is 290 g/mol. The third-order valence-electron chi connectivity index (χ3n) is 2.93. The number of anilines is 1. The van der Waals surface area contributed by atoms with Gasteiger partial charge in [0.15, 0.2) is 0 Å². The highest BCUT2D eigenvalue weighted by atomic mass is 32.2. The molecule has 0 saturated heterocycles. The molecule has 1 aromatic carbocycles. The molecule has 0 saturated carbocycles. The van der Waals surface area contributed by atoms with E-state index in [9.17, 15) is 13.2 Å². The van der Waals surface area contributed by atoms with Crippen LogP contribution >= 0.6 is 0 Å². The maximum atomic E-state index is 11.9. The lowest BCUT2D eigenvalue weighted by molar-refractivity contribution is -0.116. The highest BCUT2D eigenvalue weighted by Crippen LogP contribution is 2.19. The third-order valence-corrected chi connectivity index (χ3v) is 4.49. The molecule has 0 radical (unpaired) electrons. The summed E-state index contributed by atoms with van der Waals surface area (Å²) in [5.74, 6) is -0.153. The van der Waals surface area contributed by atoms with E-state index in [-0.39, 0.29) is 10.8 Å². The average molecular weight is 313 g/mol. The Labute approximate surface area is 126 Å². The molecule has 0 bridgehead atoms. The van der Waals surface area contributed by atoms with Crippen molar-refractivity contribution in [1.29, 1.82) is 0 Å². The minimum absolute atomic E-state index is 0.153. The predicted molar refractivity (Wildman–Crippen MR) is 83.8 cm³/mol. The van der Waals surface area contributed by atoms with Gasteiger partial charge >= 0.3 is 0 Å². The Morgan fingerprint density at radius 3 is 2.52 bits per heavy atom. The summed E-state index contributed by atoms with van der Waals surface area (Å²) in [6, 6.07) is 5.16. The first kappa shape index (κ1) is 17.6. The molecule has 0 aromatic heterocycles. The quantitative estimate of drug-likeness (QED) is 0.706. The van der Waals surface area contributed by atoms with E-state index in [4.69, 9.17) is 0 Å². The zero-order chi connectivity index (χ0) is 16.0. The first-order valence-electron chi connectivity index (χ1n) is 6.83. The number of aryl methyl sites for hydroxylation is 1. The van der Waals surface area contributed by atoms with Crippen molar-refractivity contribution in [2.24, 2.45) is 0 Å². The number of nitrogens with one attached hydrogen (secondary N) is 3. The monoisotopic (exact) mass is 313 g/mol. The van der Waals surface area contributed by atoms with Crippen molar-refractivity contribution in [3.05, 3.63) is 23.8 Å². The molecule has 0 unspecified atom stereocenters. The largest absolute Gasteiger partial charge is 0.326 e. The van der Waals surface area contributed by atoms with Gasteiger partial charge in [-0.05, 0) is 31.7 Å². The summed E-state index contributed by atoms with van der Waals surface area (Å²) in [7, 11) is -2.17. The molecule has 0 spiro atoms. The molecule has 1 rings (SSSR count). The molecule has 7 heteroatoms. The molecule has 0 atom stereocenters. The van der Waals surface area contributed by atoms with Gasteiger partial charge in [-0.15, -0.1) is 0 Å². The van der Waals surface area contributed by atoms with Crippen molar-refractivity contribution in [3.63, 3.8) is 0 Å². The molecular formula is C14H23N3O3S. The van der Waals surface area contributed by atoms with Crippen molar-refractivity contribution >= 4 is 21.6 Å². The van der Waals surface area contributed by atoms with Crippen LogP contribution in [0.2, 0.25) is 0 Å². The highest BCUT2D eigenvalue weighted by Gasteiger charge is 2.15. The Hall–Kier alpha value is -1.44. The Morgan fingerprint density at radius 2 is 1.95 bits per heavy atom. The van der Waals surface area contributed by atoms with E-state index in [1.54, 1.807) is 19.1 Å². The molecule has 1 amide bonds. The lowest BCUT2D eigenvalue weighted by Crippen LogP contribution is -2.27. The molecule has 1 aromatic rings. The summed E-state index contributed by atoms with van der Waals surface area (Å²) in [5, 5.41) is 5.86. The van der Waals surface area contributed by atoms with Crippen molar-refractivity contribution in [1.82, 2.24) is 10.0 Å². The number of sulfonamides is 1. The summed E-state index contributed by atoms with van der Waals surface area (Å²) < 4.78 is 26.0. The number of carbonyl (C=O) groups excluding carboxylic acids is 1. The van der Waals surface area contributed by atoms with Gasteiger partial charge in [0, 0.05) is 24.7 Å². The van der Waals surface area contributed by atoms with E-state index in [0.717, 1.165) is 0 Å². The van der Waals surface area contributed by atoms with Crippen molar-refractivity contribution in [3.8, 4) is 0 Å². The van der Waals surface area contributed by atoms with Gasteiger partial charge in [-0.1, -0.05) is 19.9 Å². The molecule has 3 N–H and O–H groups in total. The zero-order valence-electron chi connectivity index (χ0n) is 12.9. The van der Waals surface area contributed by atoms with Gasteiger partial charge in [-0.25, -0.2) is 13.1 Å². The molecule has 0 aliphatic heterocycles. The minimum Gasteiger partial charge on any atom is -0.326 e. The van der Waals surface area contributed by atoms with Crippen LogP contribution in [0.15, 0.2) is 23.1 Å². The van der Waals surface area contributed by atoms with Crippen LogP contribution in [0.5, 0.6) is 0 Å². The second-order valence-electron chi connectivity index (χ2n) is 5.09. The second-order valence-corrected chi connectivity index (χ2v) is 6.95. The van der Waals surface area contributed by atoms with Gasteiger partial charge in [0.1, 0.15) is 0 Å². The van der Waals surface area contributed by atoms with Crippen molar-refractivity contribution in [2.75, 3.05) is 18.9 Å². The van der Waals surface area contributed by atoms with Crippen LogP contribution in [0.4, 0.5) is 5.69 Å². The first-order chi connectivity index (χ1) is 9.76. The smallest absolute Gasteiger partial charge is 0.240 e. The minimum atomic E-state index is -3.53. The van der Waals surface area contributed by atoms with Gasteiger partial charge < -0.3 is 10.6 Å². The van der Waals surface area contributed by atoms with Crippen molar-refractivity contribution < 1.29 is 13.2 Å². The molecule has 118 valence electrons. The zero-order valence-corrected chi connectivity index (χ0v) is 13.7. The molecule has 6 nitrogen and oxygen atoms in total. The number of benzene rings is 1. The number of amides is 1. The van der Waals surface area contributed by atoms with E-state index in [1.807, 2.05) is 13.8 Å². The lowest BCUT2D eigenvalue weighted by Gasteiger charge is -2.11. The lowest BCUT2D eigenvalue weighted by atomic mass is 10.2. The molecule has 0 aliphatic carbocycles. The molecule has 0 fully saturated rings. The fraction of sp³-hybridized carbons (Fsp3) is 0.500. The maximum Gasteiger partial charge on any atom is 0.240 e. The van der Waals surface area contributed by atoms with E-state index in [0.29, 0.717) is 30.3 Å². The van der Waals surface area contributed by atoms with Crippen LogP contribution < -0.4 is 15.4 Å². The fourth-order valence-corrected chi connectivity index (χ4v) is 2.77. The standard InChI is InChI=1S/C14H23N3O3S/c1-10(2)16-8-7-14(18)17-12-6-5-11(3)13(9-12)21(19,20)15-4/h5-6,9-10,15-16H,7-8H2,1-4H3,(H,17,18). The van der Waals surface area contributed by atoms with Crippen LogP contribution in [0, 0.1) is 6.92 Å². The topological polar surface area (TPSA) is 87.3 Å². The van der Waals surface area contributed by atoms with Crippen molar-refractivity contribution in [2.45, 2.75) is 38.1 Å². The normalized spacial score (nSPS) is 11.7. The highest BCUT2D eigenvalue weighted by molar-refractivity contribution is 7.89. The molecule has 0 aliphatic rings. The number of rotatable bonds is 7. The van der Waals surface area contributed by atoms with Gasteiger partial charge in [0.05, 0.1) is 4.90 Å². The second kappa shape index (κ2) is 7.53. The fourth-order valence-electron chi connectivity index (χ4n) is 1.78. The summed E-state index contributed by atoms with van der Waals surface area (Å²) in [5.41, 5.74) is 1.10.